The SMILES string of the molecule is CC(O)CN1C(=O)c2cccc3cc(N([O-])O)cc(c23)C1=O. The maximum atomic E-state index is 12.5. The fourth-order valence-corrected chi connectivity index (χ4v) is 2.68. The highest BCUT2D eigenvalue weighted by Gasteiger charge is 2.33. The fraction of sp³-hybridized carbons (Fsp3) is 0.200. The molecule has 2 aromatic carbocycles. The molecule has 7 heteroatoms. The molecular weight excluding hydrogens is 288 g/mol. The van der Waals surface area contributed by atoms with Crippen LogP contribution in [0.25, 0.3) is 10.8 Å². The summed E-state index contributed by atoms with van der Waals surface area (Å²) >= 11 is 0. The van der Waals surface area contributed by atoms with Crippen molar-refractivity contribution in [2.24, 2.45) is 0 Å². The molecule has 3 rings (SSSR count). The minimum Gasteiger partial charge on any atom is -0.733 e. The number of aliphatic hydroxyl groups excluding tert-OH is 1. The molecule has 0 aromatic heterocycles. The standard InChI is InChI=1S/C15H13N2O5/c1-8(18)7-16-14(19)11-4-2-3-9-5-10(17(21)22)6-12(13(9)11)15(16)20/h2-6,8,18,21H,7H2,1H3/q-1. The summed E-state index contributed by atoms with van der Waals surface area (Å²) in [7, 11) is 0. The molecule has 0 fully saturated rings. The van der Waals surface area contributed by atoms with Crippen LogP contribution in [0.4, 0.5) is 5.69 Å². The molecule has 0 spiro atoms. The van der Waals surface area contributed by atoms with Crippen molar-refractivity contribution in [3.63, 3.8) is 0 Å². The number of rotatable bonds is 3. The maximum absolute atomic E-state index is 12.5. The summed E-state index contributed by atoms with van der Waals surface area (Å²) in [6, 6.07) is 7.51. The number of anilines is 1. The summed E-state index contributed by atoms with van der Waals surface area (Å²) in [5, 5.41) is 30.3. The summed E-state index contributed by atoms with van der Waals surface area (Å²) in [5.74, 6) is -1.09. The van der Waals surface area contributed by atoms with Crippen molar-refractivity contribution >= 4 is 28.3 Å². The van der Waals surface area contributed by atoms with Gasteiger partial charge in [-0.25, -0.2) is 0 Å². The Balaban J connectivity index is 2.27. The van der Waals surface area contributed by atoms with Gasteiger partial charge in [0.2, 0.25) is 0 Å². The zero-order valence-electron chi connectivity index (χ0n) is 11.7. The van der Waals surface area contributed by atoms with Crippen LogP contribution in [0.3, 0.4) is 0 Å². The second-order valence-electron chi connectivity index (χ2n) is 5.24. The summed E-state index contributed by atoms with van der Waals surface area (Å²) in [5.41, 5.74) is 0.382. The molecule has 2 N–H and O–H groups in total. The first-order chi connectivity index (χ1) is 10.4. The van der Waals surface area contributed by atoms with Gasteiger partial charge in [-0.15, -0.1) is 0 Å². The molecule has 0 saturated heterocycles. The molecule has 7 nitrogen and oxygen atoms in total. The lowest BCUT2D eigenvalue weighted by atomic mass is 9.93. The van der Waals surface area contributed by atoms with Crippen LogP contribution < -0.4 is 5.23 Å². The zero-order chi connectivity index (χ0) is 16.0. The zero-order valence-corrected chi connectivity index (χ0v) is 11.7. The van der Waals surface area contributed by atoms with Crippen molar-refractivity contribution < 1.29 is 19.9 Å². The van der Waals surface area contributed by atoms with E-state index in [9.17, 15) is 19.9 Å². The molecule has 0 aliphatic carbocycles. The van der Waals surface area contributed by atoms with E-state index in [4.69, 9.17) is 5.21 Å². The van der Waals surface area contributed by atoms with Gasteiger partial charge in [-0.05, 0) is 30.5 Å². The Bertz CT molecular complexity index is 785. The lowest BCUT2D eigenvalue weighted by Crippen LogP contribution is -2.43. The van der Waals surface area contributed by atoms with E-state index in [0.29, 0.717) is 16.3 Å². The second kappa shape index (κ2) is 5.06. The van der Waals surface area contributed by atoms with Crippen molar-refractivity contribution in [2.45, 2.75) is 13.0 Å². The van der Waals surface area contributed by atoms with Crippen LogP contribution >= 0.6 is 0 Å². The third-order valence-electron chi connectivity index (χ3n) is 3.58. The first-order valence-electron chi connectivity index (χ1n) is 6.67. The lowest BCUT2D eigenvalue weighted by molar-refractivity contribution is 0.0520. The highest BCUT2D eigenvalue weighted by Crippen LogP contribution is 2.33. The average molecular weight is 301 g/mol. The highest BCUT2D eigenvalue weighted by molar-refractivity contribution is 6.26. The van der Waals surface area contributed by atoms with Gasteiger partial charge in [0, 0.05) is 10.9 Å². The topological polar surface area (TPSA) is 104 Å². The lowest BCUT2D eigenvalue weighted by Gasteiger charge is -2.30. The molecule has 0 bridgehead atoms. The van der Waals surface area contributed by atoms with Crippen LogP contribution in [0.15, 0.2) is 30.3 Å². The highest BCUT2D eigenvalue weighted by atomic mass is 16.8. The molecule has 1 unspecified atom stereocenters. The average Bonchev–Trinajstić information content (AvgIpc) is 2.48. The number of β-amino-alcohol motifs (C(OH)–C–C–N with tert-alkyl or cyclic N) is 1. The molecule has 1 heterocycles. The Kier molecular flexibility index (Phi) is 3.32. The van der Waals surface area contributed by atoms with Crippen molar-refractivity contribution in [1.82, 2.24) is 4.90 Å². The monoisotopic (exact) mass is 301 g/mol. The largest absolute Gasteiger partial charge is 0.733 e. The van der Waals surface area contributed by atoms with Gasteiger partial charge in [-0.2, -0.15) is 0 Å². The minimum absolute atomic E-state index is 0.0978. The Morgan fingerprint density at radius 3 is 2.55 bits per heavy atom. The van der Waals surface area contributed by atoms with Crippen molar-refractivity contribution in [2.75, 3.05) is 11.8 Å². The van der Waals surface area contributed by atoms with E-state index in [1.807, 2.05) is 0 Å². The van der Waals surface area contributed by atoms with E-state index in [1.54, 1.807) is 18.2 Å². The third kappa shape index (κ3) is 2.12. The van der Waals surface area contributed by atoms with Gasteiger partial charge in [0.05, 0.1) is 23.9 Å². The molecule has 0 radical (unpaired) electrons. The summed E-state index contributed by atoms with van der Waals surface area (Å²) < 4.78 is 0. The van der Waals surface area contributed by atoms with Crippen molar-refractivity contribution in [1.29, 1.82) is 0 Å². The molecule has 1 aliphatic heterocycles. The van der Waals surface area contributed by atoms with E-state index >= 15 is 0 Å². The summed E-state index contributed by atoms with van der Waals surface area (Å²) in [6.45, 7) is 1.33. The molecule has 22 heavy (non-hydrogen) atoms. The van der Waals surface area contributed by atoms with Crippen LogP contribution in [0.5, 0.6) is 0 Å². The van der Waals surface area contributed by atoms with Crippen LogP contribution in [-0.2, 0) is 0 Å². The molecule has 2 amide bonds. The van der Waals surface area contributed by atoms with Gasteiger partial charge >= 0.3 is 0 Å². The second-order valence-corrected chi connectivity index (χ2v) is 5.24. The van der Waals surface area contributed by atoms with Gasteiger partial charge in [0.15, 0.2) is 0 Å². The van der Waals surface area contributed by atoms with Gasteiger partial charge in [0.25, 0.3) is 11.8 Å². The Labute approximate surface area is 125 Å². The van der Waals surface area contributed by atoms with Crippen LogP contribution in [0.2, 0.25) is 0 Å². The Morgan fingerprint density at radius 1 is 1.23 bits per heavy atom. The van der Waals surface area contributed by atoms with Crippen molar-refractivity contribution in [3.05, 3.63) is 46.7 Å². The normalized spacial score (nSPS) is 15.4. The van der Waals surface area contributed by atoms with Crippen LogP contribution in [0.1, 0.15) is 27.6 Å². The predicted octanol–water partition coefficient (Wildman–Crippen LogP) is 1.51. The number of aliphatic hydroxyl groups is 1. The number of hydrogen-bond donors (Lipinski definition) is 2. The number of nitrogens with zero attached hydrogens (tertiary/aromatic N) is 2. The summed E-state index contributed by atoms with van der Waals surface area (Å²) in [4.78, 5) is 25.9. The number of amides is 2. The van der Waals surface area contributed by atoms with Gasteiger partial charge in [-0.1, -0.05) is 12.1 Å². The number of hydrogen-bond acceptors (Lipinski definition) is 6. The number of carbonyl (C=O) groups is 2. The first-order valence-corrected chi connectivity index (χ1v) is 6.67. The fourth-order valence-electron chi connectivity index (χ4n) is 2.68. The molecule has 114 valence electrons. The minimum atomic E-state index is -0.870. The van der Waals surface area contributed by atoms with Gasteiger partial charge in [-0.3, -0.25) is 19.7 Å². The molecule has 2 aromatic rings. The molecule has 1 aliphatic rings. The van der Waals surface area contributed by atoms with E-state index in [2.05, 4.69) is 0 Å². The van der Waals surface area contributed by atoms with Crippen LogP contribution in [0, 0.1) is 5.21 Å². The molecule has 0 saturated carbocycles. The quantitative estimate of drug-likeness (QED) is 0.658. The number of carbonyl (C=O) groups excluding carboxylic acids is 2. The number of benzene rings is 2. The van der Waals surface area contributed by atoms with E-state index < -0.39 is 17.9 Å². The molecule has 1 atom stereocenters. The smallest absolute Gasteiger partial charge is 0.261 e. The molecular formula is C15H13N2O5-. The van der Waals surface area contributed by atoms with E-state index in [0.717, 1.165) is 4.90 Å². The van der Waals surface area contributed by atoms with Crippen LogP contribution in [-0.4, -0.2) is 39.7 Å². The Hall–Kier alpha value is -2.48. The predicted molar refractivity (Wildman–Crippen MR) is 78.6 cm³/mol. The third-order valence-corrected chi connectivity index (χ3v) is 3.58. The van der Waals surface area contributed by atoms with Gasteiger partial charge in [0.1, 0.15) is 0 Å². The Morgan fingerprint density at radius 2 is 1.91 bits per heavy atom. The van der Waals surface area contributed by atoms with Crippen molar-refractivity contribution in [3.8, 4) is 0 Å². The maximum Gasteiger partial charge on any atom is 0.261 e. The number of imide groups is 1. The van der Waals surface area contributed by atoms with E-state index in [-0.39, 0.29) is 23.0 Å². The summed E-state index contributed by atoms with van der Waals surface area (Å²) in [6.07, 6.45) is -0.870. The van der Waals surface area contributed by atoms with E-state index in [1.165, 1.54) is 19.1 Å². The first kappa shape index (κ1) is 14.5. The van der Waals surface area contributed by atoms with Gasteiger partial charge < -0.3 is 15.5 Å².